The molecule has 28 heavy (non-hydrogen) atoms. The van der Waals surface area contributed by atoms with Crippen molar-refractivity contribution in [3.05, 3.63) is 89.0 Å². The van der Waals surface area contributed by atoms with Gasteiger partial charge in [-0.2, -0.15) is 0 Å². The molecular formula is C22H15NO5. The summed E-state index contributed by atoms with van der Waals surface area (Å²) in [6.07, 6.45) is -1.42. The van der Waals surface area contributed by atoms with Crippen molar-refractivity contribution in [3.63, 3.8) is 0 Å². The van der Waals surface area contributed by atoms with Crippen LogP contribution >= 0.6 is 0 Å². The monoisotopic (exact) mass is 373 g/mol. The van der Waals surface area contributed by atoms with Gasteiger partial charge in [-0.05, 0) is 29.3 Å². The Kier molecular flexibility index (Phi) is 4.47. The SMILES string of the molecule is O=CO[C@@H](O)c1cccc(NC(=O)c2cccc3c2C(=O)c2ccccc2-3)c1. The van der Waals surface area contributed by atoms with Gasteiger partial charge < -0.3 is 15.2 Å². The zero-order chi connectivity index (χ0) is 19.7. The van der Waals surface area contributed by atoms with Gasteiger partial charge in [0, 0.05) is 22.4 Å². The van der Waals surface area contributed by atoms with Crippen LogP contribution in [0.1, 0.15) is 38.1 Å². The van der Waals surface area contributed by atoms with Crippen LogP contribution in [0, 0.1) is 0 Å². The number of ketones is 1. The van der Waals surface area contributed by atoms with Crippen LogP contribution in [-0.4, -0.2) is 23.3 Å². The molecule has 0 unspecified atom stereocenters. The molecule has 6 heteroatoms. The second-order valence-electron chi connectivity index (χ2n) is 6.27. The normalized spacial score (nSPS) is 12.7. The number of nitrogens with one attached hydrogen (secondary N) is 1. The molecule has 0 heterocycles. The number of hydrogen-bond acceptors (Lipinski definition) is 5. The molecule has 1 amide bonds. The van der Waals surface area contributed by atoms with E-state index in [0.717, 1.165) is 11.1 Å². The van der Waals surface area contributed by atoms with E-state index < -0.39 is 12.2 Å². The van der Waals surface area contributed by atoms with Crippen LogP contribution in [0.2, 0.25) is 0 Å². The number of anilines is 1. The van der Waals surface area contributed by atoms with Crippen LogP contribution in [0.5, 0.6) is 0 Å². The Balaban J connectivity index is 1.66. The minimum Gasteiger partial charge on any atom is -0.434 e. The minimum absolute atomic E-state index is 0.145. The molecule has 0 spiro atoms. The maximum Gasteiger partial charge on any atom is 0.295 e. The first kappa shape index (κ1) is 17.6. The number of aliphatic hydroxyl groups excluding tert-OH is 1. The molecule has 1 atom stereocenters. The number of hydrogen-bond donors (Lipinski definition) is 2. The summed E-state index contributed by atoms with van der Waals surface area (Å²) in [5.74, 6) is -0.624. The Morgan fingerprint density at radius 2 is 1.68 bits per heavy atom. The first-order chi connectivity index (χ1) is 13.6. The van der Waals surface area contributed by atoms with Crippen LogP contribution < -0.4 is 5.32 Å². The Morgan fingerprint density at radius 3 is 2.46 bits per heavy atom. The Hall–Kier alpha value is -3.77. The Bertz CT molecular complexity index is 1110. The Labute approximate surface area is 160 Å². The molecule has 0 bridgehead atoms. The van der Waals surface area contributed by atoms with Crippen LogP contribution in [0.15, 0.2) is 66.7 Å². The second-order valence-corrected chi connectivity index (χ2v) is 6.27. The molecule has 138 valence electrons. The lowest BCUT2D eigenvalue weighted by Crippen LogP contribution is -2.16. The van der Waals surface area contributed by atoms with Gasteiger partial charge in [0.2, 0.25) is 6.29 Å². The fourth-order valence-corrected chi connectivity index (χ4v) is 3.36. The molecule has 0 aromatic heterocycles. The van der Waals surface area contributed by atoms with Gasteiger partial charge in [-0.15, -0.1) is 0 Å². The van der Waals surface area contributed by atoms with E-state index in [-0.39, 0.29) is 17.8 Å². The van der Waals surface area contributed by atoms with Crippen molar-refractivity contribution in [2.24, 2.45) is 0 Å². The highest BCUT2D eigenvalue weighted by molar-refractivity contribution is 6.26. The van der Waals surface area contributed by atoms with E-state index in [1.54, 1.807) is 42.5 Å². The summed E-state index contributed by atoms with van der Waals surface area (Å²) in [5.41, 5.74) is 3.48. The fourth-order valence-electron chi connectivity index (χ4n) is 3.36. The van der Waals surface area contributed by atoms with E-state index in [1.165, 1.54) is 6.07 Å². The maximum atomic E-state index is 12.9. The lowest BCUT2D eigenvalue weighted by atomic mass is 10.00. The number of carbonyl (C=O) groups excluding carboxylic acids is 3. The van der Waals surface area contributed by atoms with E-state index in [2.05, 4.69) is 10.1 Å². The molecule has 0 saturated carbocycles. The molecule has 0 fully saturated rings. The van der Waals surface area contributed by atoms with E-state index in [1.807, 2.05) is 18.2 Å². The lowest BCUT2D eigenvalue weighted by Gasteiger charge is -2.12. The zero-order valence-corrected chi connectivity index (χ0v) is 14.6. The van der Waals surface area contributed by atoms with Crippen molar-refractivity contribution in [1.29, 1.82) is 0 Å². The van der Waals surface area contributed by atoms with Gasteiger partial charge in [-0.1, -0.05) is 48.5 Å². The molecule has 3 aromatic rings. The highest BCUT2D eigenvalue weighted by Gasteiger charge is 2.30. The summed E-state index contributed by atoms with van der Waals surface area (Å²) in [6.45, 7) is 0.145. The smallest absolute Gasteiger partial charge is 0.295 e. The van der Waals surface area contributed by atoms with E-state index in [9.17, 15) is 19.5 Å². The van der Waals surface area contributed by atoms with E-state index in [4.69, 9.17) is 0 Å². The maximum absolute atomic E-state index is 12.9. The van der Waals surface area contributed by atoms with Crippen LogP contribution in [0.4, 0.5) is 5.69 Å². The van der Waals surface area contributed by atoms with Crippen LogP contribution in [-0.2, 0) is 9.53 Å². The predicted molar refractivity (Wildman–Crippen MR) is 102 cm³/mol. The molecule has 3 aromatic carbocycles. The number of fused-ring (bicyclic) bond motifs is 3. The summed E-state index contributed by atoms with van der Waals surface area (Å²) in [7, 11) is 0. The summed E-state index contributed by atoms with van der Waals surface area (Å²) >= 11 is 0. The highest BCUT2D eigenvalue weighted by atomic mass is 16.6. The minimum atomic E-state index is -1.42. The number of carbonyl (C=O) groups is 3. The second kappa shape index (κ2) is 7.09. The van der Waals surface area contributed by atoms with Gasteiger partial charge in [0.15, 0.2) is 5.78 Å². The standard InChI is InChI=1S/C22H15NO5/c24-12-28-22(27)13-5-3-6-14(11-13)23-21(26)18-10-4-9-16-15-7-1-2-8-17(15)20(25)19(16)18/h1-12,22,27H,(H,23,26)/t22-/m1/s1. The lowest BCUT2D eigenvalue weighted by molar-refractivity contribution is -0.152. The molecule has 0 aliphatic heterocycles. The van der Waals surface area contributed by atoms with Crippen molar-refractivity contribution >= 4 is 23.9 Å². The van der Waals surface area contributed by atoms with E-state index >= 15 is 0 Å². The first-order valence-electron chi connectivity index (χ1n) is 8.55. The number of aliphatic hydroxyl groups is 1. The number of ether oxygens (including phenoxy) is 1. The van der Waals surface area contributed by atoms with Crippen LogP contribution in [0.25, 0.3) is 11.1 Å². The molecule has 1 aliphatic rings. The number of benzene rings is 3. The van der Waals surface area contributed by atoms with Crippen LogP contribution in [0.3, 0.4) is 0 Å². The fraction of sp³-hybridized carbons (Fsp3) is 0.0455. The third kappa shape index (κ3) is 2.95. The number of amides is 1. The average molecular weight is 373 g/mol. The van der Waals surface area contributed by atoms with Crippen molar-refractivity contribution in [1.82, 2.24) is 0 Å². The molecule has 1 aliphatic carbocycles. The predicted octanol–water partition coefficient (Wildman–Crippen LogP) is 3.31. The van der Waals surface area contributed by atoms with Gasteiger partial charge in [0.05, 0.1) is 5.56 Å². The topological polar surface area (TPSA) is 92.7 Å². The van der Waals surface area contributed by atoms with E-state index in [0.29, 0.717) is 22.4 Å². The first-order valence-corrected chi connectivity index (χ1v) is 8.55. The zero-order valence-electron chi connectivity index (χ0n) is 14.6. The summed E-state index contributed by atoms with van der Waals surface area (Å²) in [4.78, 5) is 36.1. The quantitative estimate of drug-likeness (QED) is 0.414. The van der Waals surface area contributed by atoms with Crippen molar-refractivity contribution in [3.8, 4) is 11.1 Å². The van der Waals surface area contributed by atoms with Gasteiger partial charge in [-0.25, -0.2) is 0 Å². The van der Waals surface area contributed by atoms with Crippen molar-refractivity contribution in [2.75, 3.05) is 5.32 Å². The average Bonchev–Trinajstić information content (AvgIpc) is 3.01. The van der Waals surface area contributed by atoms with Gasteiger partial charge in [0.25, 0.3) is 12.4 Å². The summed E-state index contributed by atoms with van der Waals surface area (Å²) < 4.78 is 4.50. The van der Waals surface area contributed by atoms with Crippen molar-refractivity contribution in [2.45, 2.75) is 6.29 Å². The molecular weight excluding hydrogens is 358 g/mol. The largest absolute Gasteiger partial charge is 0.434 e. The summed E-state index contributed by atoms with van der Waals surface area (Å²) in [5, 5.41) is 12.5. The van der Waals surface area contributed by atoms with Gasteiger partial charge >= 0.3 is 0 Å². The van der Waals surface area contributed by atoms with Crippen molar-refractivity contribution < 1.29 is 24.2 Å². The highest BCUT2D eigenvalue weighted by Crippen LogP contribution is 2.38. The third-order valence-electron chi connectivity index (χ3n) is 4.61. The Morgan fingerprint density at radius 1 is 0.964 bits per heavy atom. The molecule has 2 N–H and O–H groups in total. The molecule has 6 nitrogen and oxygen atoms in total. The van der Waals surface area contributed by atoms with Gasteiger partial charge in [-0.3, -0.25) is 14.4 Å². The van der Waals surface area contributed by atoms with Gasteiger partial charge in [0.1, 0.15) is 0 Å². The molecule has 0 saturated heterocycles. The third-order valence-corrected chi connectivity index (χ3v) is 4.61. The number of rotatable bonds is 5. The molecule has 4 rings (SSSR count). The summed E-state index contributed by atoms with van der Waals surface area (Å²) in [6, 6.07) is 18.7. The molecule has 0 radical (unpaired) electrons.